The summed E-state index contributed by atoms with van der Waals surface area (Å²) in [5.74, 6) is -0.638. The van der Waals surface area contributed by atoms with Gasteiger partial charge < -0.3 is 9.64 Å². The van der Waals surface area contributed by atoms with Crippen LogP contribution >= 0.6 is 0 Å². The number of carbonyl (C=O) groups is 2. The van der Waals surface area contributed by atoms with E-state index in [9.17, 15) is 9.59 Å². The zero-order chi connectivity index (χ0) is 16.4. The van der Waals surface area contributed by atoms with Crippen LogP contribution in [0.5, 0.6) is 0 Å². The summed E-state index contributed by atoms with van der Waals surface area (Å²) in [6.45, 7) is 4.11. The van der Waals surface area contributed by atoms with Crippen LogP contribution in [0.2, 0.25) is 0 Å². The molecule has 0 bridgehead atoms. The second-order valence-corrected chi connectivity index (χ2v) is 5.84. The van der Waals surface area contributed by atoms with E-state index in [1.807, 2.05) is 49.4 Å². The minimum atomic E-state index is -1.18. The van der Waals surface area contributed by atoms with Crippen molar-refractivity contribution in [2.45, 2.75) is 25.9 Å². The Bertz CT molecular complexity index is 741. The monoisotopic (exact) mass is 309 g/mol. The number of carbonyl (C=O) groups excluding carboxylic acids is 2. The van der Waals surface area contributed by atoms with Gasteiger partial charge in [0.2, 0.25) is 0 Å². The van der Waals surface area contributed by atoms with Crippen molar-refractivity contribution in [1.82, 2.24) is 0 Å². The van der Waals surface area contributed by atoms with Crippen molar-refractivity contribution in [3.8, 4) is 0 Å². The third-order valence-corrected chi connectivity index (χ3v) is 4.16. The fraction of sp³-hybridized carbons (Fsp3) is 0.263. The Morgan fingerprint density at radius 1 is 1.13 bits per heavy atom. The number of fused-ring (bicyclic) bond motifs is 1. The van der Waals surface area contributed by atoms with Gasteiger partial charge in [-0.3, -0.25) is 4.79 Å². The molecule has 0 saturated heterocycles. The number of hydrogen-bond donors (Lipinski definition) is 0. The van der Waals surface area contributed by atoms with Gasteiger partial charge >= 0.3 is 5.97 Å². The average Bonchev–Trinajstić information content (AvgIpc) is 2.56. The van der Waals surface area contributed by atoms with Gasteiger partial charge in [0.05, 0.1) is 5.56 Å². The molecule has 0 spiro atoms. The maximum atomic E-state index is 13.1. The van der Waals surface area contributed by atoms with E-state index in [4.69, 9.17) is 4.74 Å². The molecule has 1 aliphatic rings. The number of amides is 1. The molecule has 118 valence electrons. The molecular formula is C19H19NO3. The van der Waals surface area contributed by atoms with E-state index in [1.165, 1.54) is 0 Å². The van der Waals surface area contributed by atoms with E-state index in [0.29, 0.717) is 18.5 Å². The first-order valence-electron chi connectivity index (χ1n) is 7.73. The summed E-state index contributed by atoms with van der Waals surface area (Å²) < 4.78 is 5.54. The molecule has 2 aromatic carbocycles. The quantitative estimate of drug-likeness (QED) is 0.818. The standard InChI is InChI=1S/C19H19NO3/c1-3-20(15-10-5-4-6-11-15)18(22)19(2)13-14-9-7-8-12-16(14)17(21)23-19/h4-12H,3,13H2,1-2H3. The highest BCUT2D eigenvalue weighted by Gasteiger charge is 2.44. The number of para-hydroxylation sites is 1. The summed E-state index contributed by atoms with van der Waals surface area (Å²) in [5, 5.41) is 0. The first-order valence-corrected chi connectivity index (χ1v) is 7.73. The smallest absolute Gasteiger partial charge is 0.339 e. The molecule has 0 aliphatic carbocycles. The number of ether oxygens (including phenoxy) is 1. The summed E-state index contributed by atoms with van der Waals surface area (Å²) in [7, 11) is 0. The van der Waals surface area contributed by atoms with Crippen LogP contribution in [-0.2, 0) is 16.0 Å². The molecule has 1 amide bonds. The molecule has 3 rings (SSSR count). The van der Waals surface area contributed by atoms with Gasteiger partial charge in [0, 0.05) is 18.7 Å². The summed E-state index contributed by atoms with van der Waals surface area (Å²) in [4.78, 5) is 27.0. The maximum absolute atomic E-state index is 13.1. The normalized spacial score (nSPS) is 19.7. The van der Waals surface area contributed by atoms with Crippen molar-refractivity contribution >= 4 is 17.6 Å². The summed E-state index contributed by atoms with van der Waals surface area (Å²) >= 11 is 0. The predicted molar refractivity (Wildman–Crippen MR) is 88.4 cm³/mol. The summed E-state index contributed by atoms with van der Waals surface area (Å²) in [6.07, 6.45) is 0.386. The van der Waals surface area contributed by atoms with Crippen LogP contribution in [0.15, 0.2) is 54.6 Å². The van der Waals surface area contributed by atoms with Crippen LogP contribution in [-0.4, -0.2) is 24.0 Å². The van der Waals surface area contributed by atoms with Gasteiger partial charge in [-0.05, 0) is 37.6 Å². The Hall–Kier alpha value is -2.62. The van der Waals surface area contributed by atoms with E-state index < -0.39 is 11.6 Å². The molecule has 4 nitrogen and oxygen atoms in total. The van der Waals surface area contributed by atoms with E-state index in [0.717, 1.165) is 11.3 Å². The highest BCUT2D eigenvalue weighted by molar-refractivity contribution is 6.03. The Labute approximate surface area is 135 Å². The number of anilines is 1. The third kappa shape index (κ3) is 2.72. The lowest BCUT2D eigenvalue weighted by Crippen LogP contribution is -2.53. The van der Waals surface area contributed by atoms with Crippen LogP contribution in [0.3, 0.4) is 0 Å². The number of esters is 1. The maximum Gasteiger partial charge on any atom is 0.339 e. The Morgan fingerprint density at radius 3 is 2.48 bits per heavy atom. The molecule has 0 aromatic heterocycles. The highest BCUT2D eigenvalue weighted by Crippen LogP contribution is 2.31. The predicted octanol–water partition coefficient (Wildman–Crippen LogP) is 3.21. The average molecular weight is 309 g/mol. The number of likely N-dealkylation sites (N-methyl/N-ethyl adjacent to an activating group) is 1. The van der Waals surface area contributed by atoms with Gasteiger partial charge in [-0.15, -0.1) is 0 Å². The summed E-state index contributed by atoms with van der Waals surface area (Å²) in [5.41, 5.74) is 1.01. The number of hydrogen-bond acceptors (Lipinski definition) is 3. The molecular weight excluding hydrogens is 290 g/mol. The first kappa shape index (κ1) is 15.3. The lowest BCUT2D eigenvalue weighted by Gasteiger charge is -2.36. The molecule has 4 heteroatoms. The minimum Gasteiger partial charge on any atom is -0.445 e. The largest absolute Gasteiger partial charge is 0.445 e. The third-order valence-electron chi connectivity index (χ3n) is 4.16. The molecule has 1 aliphatic heterocycles. The molecule has 2 aromatic rings. The molecule has 1 atom stereocenters. The van der Waals surface area contributed by atoms with Crippen molar-refractivity contribution in [1.29, 1.82) is 0 Å². The van der Waals surface area contributed by atoms with Crippen LogP contribution in [0, 0.1) is 0 Å². The van der Waals surface area contributed by atoms with Gasteiger partial charge in [0.25, 0.3) is 5.91 Å². The SMILES string of the molecule is CCN(C(=O)C1(C)Cc2ccccc2C(=O)O1)c1ccccc1. The van der Waals surface area contributed by atoms with Crippen LogP contribution in [0.1, 0.15) is 29.8 Å². The Kier molecular flexibility index (Phi) is 3.90. The van der Waals surface area contributed by atoms with Crippen molar-refractivity contribution < 1.29 is 14.3 Å². The highest BCUT2D eigenvalue weighted by atomic mass is 16.6. The van der Waals surface area contributed by atoms with Gasteiger partial charge in [-0.2, -0.15) is 0 Å². The molecule has 0 fully saturated rings. The number of rotatable bonds is 3. The zero-order valence-corrected chi connectivity index (χ0v) is 13.3. The van der Waals surface area contributed by atoms with E-state index >= 15 is 0 Å². The lowest BCUT2D eigenvalue weighted by molar-refractivity contribution is -0.136. The van der Waals surface area contributed by atoms with Gasteiger partial charge in [0.1, 0.15) is 0 Å². The van der Waals surface area contributed by atoms with Gasteiger partial charge in [-0.1, -0.05) is 36.4 Å². The number of benzene rings is 2. The Morgan fingerprint density at radius 2 is 1.78 bits per heavy atom. The van der Waals surface area contributed by atoms with Crippen molar-refractivity contribution in [2.24, 2.45) is 0 Å². The zero-order valence-electron chi connectivity index (χ0n) is 13.3. The van der Waals surface area contributed by atoms with Crippen molar-refractivity contribution in [3.05, 3.63) is 65.7 Å². The second kappa shape index (κ2) is 5.88. The molecule has 0 radical (unpaired) electrons. The van der Waals surface area contributed by atoms with E-state index in [2.05, 4.69) is 0 Å². The van der Waals surface area contributed by atoms with Crippen LogP contribution in [0.4, 0.5) is 5.69 Å². The van der Waals surface area contributed by atoms with Gasteiger partial charge in [-0.25, -0.2) is 4.79 Å². The fourth-order valence-corrected chi connectivity index (χ4v) is 2.99. The molecule has 0 saturated carbocycles. The second-order valence-electron chi connectivity index (χ2n) is 5.84. The topological polar surface area (TPSA) is 46.6 Å². The minimum absolute atomic E-state index is 0.200. The van der Waals surface area contributed by atoms with E-state index in [-0.39, 0.29) is 5.91 Å². The first-order chi connectivity index (χ1) is 11.0. The number of cyclic esters (lactones) is 1. The van der Waals surface area contributed by atoms with Gasteiger partial charge in [0.15, 0.2) is 5.60 Å². The van der Waals surface area contributed by atoms with Crippen molar-refractivity contribution in [3.63, 3.8) is 0 Å². The molecule has 23 heavy (non-hydrogen) atoms. The van der Waals surface area contributed by atoms with Crippen molar-refractivity contribution in [2.75, 3.05) is 11.4 Å². The molecule has 0 N–H and O–H groups in total. The Balaban J connectivity index is 1.94. The van der Waals surface area contributed by atoms with Crippen LogP contribution < -0.4 is 4.90 Å². The van der Waals surface area contributed by atoms with E-state index in [1.54, 1.807) is 24.0 Å². The fourth-order valence-electron chi connectivity index (χ4n) is 2.99. The van der Waals surface area contributed by atoms with Crippen LogP contribution in [0.25, 0.3) is 0 Å². The molecule has 1 unspecified atom stereocenters. The molecule has 1 heterocycles. The summed E-state index contributed by atoms with van der Waals surface area (Å²) in [6, 6.07) is 16.7. The number of nitrogens with zero attached hydrogens (tertiary/aromatic N) is 1. The lowest BCUT2D eigenvalue weighted by atomic mass is 9.88.